The number of halogens is 1. The third-order valence-electron chi connectivity index (χ3n) is 8.17. The fourth-order valence-corrected chi connectivity index (χ4v) is 6.73. The second-order valence-corrected chi connectivity index (χ2v) is 12.8. The Bertz CT molecular complexity index is 1190. The average Bonchev–Trinajstić information content (AvgIpc) is 2.97. The number of hydrogen-bond donors (Lipinski definition) is 2. The zero-order chi connectivity index (χ0) is 25.3. The van der Waals surface area contributed by atoms with Gasteiger partial charge in [0, 0.05) is 23.5 Å². The van der Waals surface area contributed by atoms with Gasteiger partial charge in [0.2, 0.25) is 10.0 Å². The Balaban J connectivity index is 1.33. The monoisotopic (exact) mass is 534 g/mol. The first-order chi connectivity index (χ1) is 17.2. The number of nitrogens with two attached hydrogens (primary N) is 1. The normalized spacial score (nSPS) is 26.4. The van der Waals surface area contributed by atoms with E-state index >= 15 is 0 Å². The van der Waals surface area contributed by atoms with Crippen LogP contribution in [0, 0.1) is 11.8 Å². The van der Waals surface area contributed by atoms with Crippen LogP contribution in [0.3, 0.4) is 0 Å². The first kappa shape index (κ1) is 25.8. The van der Waals surface area contributed by atoms with E-state index in [1.54, 1.807) is 0 Å². The number of sulfonamides is 1. The largest absolute Gasteiger partial charge is 0.490 e. The van der Waals surface area contributed by atoms with Crippen molar-refractivity contribution >= 4 is 27.3 Å². The van der Waals surface area contributed by atoms with Crippen LogP contribution < -0.4 is 14.8 Å². The van der Waals surface area contributed by atoms with Crippen LogP contribution in [0.15, 0.2) is 42.5 Å². The molecule has 0 aromatic heterocycles. The summed E-state index contributed by atoms with van der Waals surface area (Å²) in [7, 11) is -3.57. The Kier molecular flexibility index (Phi) is 7.52. The fourth-order valence-electron chi connectivity index (χ4n) is 6.18. The molecular weight excluding hydrogens is 500 g/mol. The minimum absolute atomic E-state index is 0.00390. The van der Waals surface area contributed by atoms with Gasteiger partial charge in [0.1, 0.15) is 5.75 Å². The first-order valence-electron chi connectivity index (χ1n) is 12.8. The Hall–Kier alpha value is -1.84. The van der Waals surface area contributed by atoms with E-state index < -0.39 is 16.1 Å². The molecule has 5 rings (SSSR count). The molecule has 2 aliphatic carbocycles. The molecule has 4 atom stereocenters. The summed E-state index contributed by atoms with van der Waals surface area (Å²) in [5.74, 6) is 1.09. The minimum atomic E-state index is -3.57. The summed E-state index contributed by atoms with van der Waals surface area (Å²) in [6, 6.07) is 14.5. The summed E-state index contributed by atoms with van der Waals surface area (Å²) in [5.41, 5.74) is 3.63. The van der Waals surface area contributed by atoms with Crippen LogP contribution in [-0.4, -0.2) is 58.3 Å². The van der Waals surface area contributed by atoms with Gasteiger partial charge < -0.3 is 19.5 Å². The van der Waals surface area contributed by atoms with Crippen molar-refractivity contribution in [3.05, 3.63) is 58.6 Å². The van der Waals surface area contributed by atoms with Crippen LogP contribution in [0.5, 0.6) is 5.75 Å². The summed E-state index contributed by atoms with van der Waals surface area (Å²) in [4.78, 5) is 2.46. The van der Waals surface area contributed by atoms with Gasteiger partial charge in [-0.15, -0.1) is 0 Å². The number of primary sulfonamides is 1. The van der Waals surface area contributed by atoms with Crippen LogP contribution in [0.25, 0.3) is 0 Å². The second kappa shape index (κ2) is 10.5. The zero-order valence-corrected chi connectivity index (χ0v) is 22.0. The van der Waals surface area contributed by atoms with Gasteiger partial charge in [0.15, 0.2) is 0 Å². The molecule has 196 valence electrons. The number of nitrogens with zero attached hydrogens (tertiary/aromatic N) is 1. The molecule has 1 saturated carbocycles. The molecule has 36 heavy (non-hydrogen) atoms. The maximum Gasteiger partial charge on any atom is 0.211 e. The number of aryl methyl sites for hydroxylation is 1. The van der Waals surface area contributed by atoms with Crippen LogP contribution in [0.4, 0.5) is 5.69 Å². The molecule has 0 radical (unpaired) electrons. The van der Waals surface area contributed by atoms with E-state index in [1.165, 1.54) is 11.1 Å². The van der Waals surface area contributed by atoms with Crippen molar-refractivity contribution < 1.29 is 23.0 Å². The van der Waals surface area contributed by atoms with Crippen molar-refractivity contribution in [2.45, 2.75) is 43.6 Å². The van der Waals surface area contributed by atoms with Crippen molar-refractivity contribution in [2.75, 3.05) is 43.6 Å². The number of rotatable bonds is 8. The number of anilines is 1. The highest BCUT2D eigenvalue weighted by Crippen LogP contribution is 2.46. The van der Waals surface area contributed by atoms with Crippen LogP contribution in [0.1, 0.15) is 36.8 Å². The molecule has 7 nitrogen and oxygen atoms in total. The van der Waals surface area contributed by atoms with E-state index in [0.717, 1.165) is 61.7 Å². The molecule has 3 N–H and O–H groups in total. The van der Waals surface area contributed by atoms with Crippen molar-refractivity contribution in [1.82, 2.24) is 0 Å². The van der Waals surface area contributed by atoms with Gasteiger partial charge in [-0.05, 0) is 79.3 Å². The van der Waals surface area contributed by atoms with E-state index in [-0.39, 0.29) is 30.3 Å². The molecule has 0 unspecified atom stereocenters. The van der Waals surface area contributed by atoms with Gasteiger partial charge in [0.05, 0.1) is 37.4 Å². The van der Waals surface area contributed by atoms with Crippen molar-refractivity contribution in [2.24, 2.45) is 17.0 Å². The second-order valence-electron chi connectivity index (χ2n) is 10.6. The van der Waals surface area contributed by atoms with E-state index in [1.807, 2.05) is 24.3 Å². The lowest BCUT2D eigenvalue weighted by molar-refractivity contribution is -0.0392. The summed E-state index contributed by atoms with van der Waals surface area (Å²) >= 11 is 6.33. The maximum atomic E-state index is 11.1. The smallest absolute Gasteiger partial charge is 0.211 e. The molecule has 1 fully saturated rings. The lowest BCUT2D eigenvalue weighted by Gasteiger charge is -2.45. The zero-order valence-electron chi connectivity index (χ0n) is 20.4. The highest BCUT2D eigenvalue weighted by atomic mass is 35.5. The summed E-state index contributed by atoms with van der Waals surface area (Å²) in [6.45, 7) is 2.42. The lowest BCUT2D eigenvalue weighted by atomic mass is 9.68. The molecule has 0 saturated heterocycles. The van der Waals surface area contributed by atoms with Crippen molar-refractivity contribution in [3.8, 4) is 5.75 Å². The number of para-hydroxylation sites is 2. The number of benzene rings is 2. The predicted octanol–water partition coefficient (Wildman–Crippen LogP) is 3.51. The quantitative estimate of drug-likeness (QED) is 0.502. The van der Waals surface area contributed by atoms with Gasteiger partial charge >= 0.3 is 0 Å². The first-order valence-corrected chi connectivity index (χ1v) is 14.9. The maximum absolute atomic E-state index is 11.1. The van der Waals surface area contributed by atoms with Crippen molar-refractivity contribution in [3.63, 3.8) is 0 Å². The standard InChI is InChI=1S/C27H35ClN2O5S/c28-21-8-10-23-19(14-21)4-3-11-27(23)17-30(24-5-1-2-6-26(24)35-18-27)15-20-7-9-22(20)25(31)16-34-12-13-36(29,32)33/h1-2,5-6,8,10,14,20,22,25,31H,3-4,7,9,11-13,15-18H2,(H2,29,32,33)/t20-,22+,25-,27-/m0/s1. The van der Waals surface area contributed by atoms with Gasteiger partial charge in [-0.3, -0.25) is 0 Å². The highest BCUT2D eigenvalue weighted by molar-refractivity contribution is 7.89. The van der Waals surface area contributed by atoms with E-state index in [9.17, 15) is 13.5 Å². The Morgan fingerprint density at radius 1 is 1.25 bits per heavy atom. The SMILES string of the molecule is NS(=O)(=O)CCOC[C@H](O)[C@@H]1CC[C@H]1CN1C[C@@]2(CCCc3cc(Cl)ccc32)COc2ccccc21. The third kappa shape index (κ3) is 5.53. The van der Waals surface area contributed by atoms with Gasteiger partial charge in [-0.2, -0.15) is 0 Å². The molecule has 1 heterocycles. The van der Waals surface area contributed by atoms with Crippen LogP contribution in [-0.2, 0) is 26.6 Å². The number of aliphatic hydroxyl groups is 1. The minimum Gasteiger partial charge on any atom is -0.490 e. The van der Waals surface area contributed by atoms with E-state index in [2.05, 4.69) is 23.1 Å². The molecule has 2 aromatic rings. The van der Waals surface area contributed by atoms with Gasteiger partial charge in [-0.25, -0.2) is 13.6 Å². The fraction of sp³-hybridized carbons (Fsp3) is 0.556. The van der Waals surface area contributed by atoms with E-state index in [4.69, 9.17) is 26.2 Å². The Labute approximate surface area is 218 Å². The van der Waals surface area contributed by atoms with Gasteiger partial charge in [0.25, 0.3) is 0 Å². The molecule has 2 aromatic carbocycles. The molecule has 9 heteroatoms. The van der Waals surface area contributed by atoms with Gasteiger partial charge in [-0.1, -0.05) is 29.8 Å². The van der Waals surface area contributed by atoms with Crippen molar-refractivity contribution in [1.29, 1.82) is 0 Å². The van der Waals surface area contributed by atoms with Crippen LogP contribution in [0.2, 0.25) is 5.02 Å². The highest BCUT2D eigenvalue weighted by Gasteiger charge is 2.44. The molecule has 1 spiro atoms. The summed E-state index contributed by atoms with van der Waals surface area (Å²) in [6.07, 6.45) is 4.53. The predicted molar refractivity (Wildman–Crippen MR) is 141 cm³/mol. The average molecular weight is 535 g/mol. The number of ether oxygens (including phenoxy) is 2. The summed E-state index contributed by atoms with van der Waals surface area (Å²) in [5, 5.41) is 16.6. The number of aliphatic hydroxyl groups excluding tert-OH is 1. The molecule has 3 aliphatic rings. The van der Waals surface area contributed by atoms with E-state index in [0.29, 0.717) is 12.5 Å². The molecule has 0 amide bonds. The van der Waals surface area contributed by atoms with Crippen LogP contribution >= 0.6 is 11.6 Å². The Morgan fingerprint density at radius 3 is 2.86 bits per heavy atom. The summed E-state index contributed by atoms with van der Waals surface area (Å²) < 4.78 is 34.1. The number of fused-ring (bicyclic) bond motifs is 3. The molecular formula is C27H35ClN2O5S. The molecule has 1 aliphatic heterocycles. The number of hydrogen-bond acceptors (Lipinski definition) is 6. The topological polar surface area (TPSA) is 102 Å². The molecule has 0 bridgehead atoms. The third-order valence-corrected chi connectivity index (χ3v) is 9.14. The lowest BCUT2D eigenvalue weighted by Crippen LogP contribution is -2.50. The Morgan fingerprint density at radius 2 is 2.08 bits per heavy atom.